The quantitative estimate of drug-likeness (QED) is 0.729. The lowest BCUT2D eigenvalue weighted by molar-refractivity contribution is 0.0493. The summed E-state index contributed by atoms with van der Waals surface area (Å²) in [6.45, 7) is 2.21. The summed E-state index contributed by atoms with van der Waals surface area (Å²) in [5.74, 6) is 1.57. The Hall–Kier alpha value is -1.52. The van der Waals surface area contributed by atoms with E-state index < -0.39 is 0 Å². The van der Waals surface area contributed by atoms with E-state index in [1.165, 1.54) is 19.3 Å². The van der Waals surface area contributed by atoms with Crippen LogP contribution < -0.4 is 16.0 Å². The molecule has 5 heteroatoms. The molecule has 1 aromatic heterocycles. The molecule has 2 aromatic rings. The van der Waals surface area contributed by atoms with E-state index in [9.17, 15) is 4.79 Å². The molecule has 2 fully saturated rings. The van der Waals surface area contributed by atoms with Crippen LogP contribution in [0.5, 0.6) is 5.75 Å². The van der Waals surface area contributed by atoms with Crippen LogP contribution >= 0.6 is 11.6 Å². The van der Waals surface area contributed by atoms with Gasteiger partial charge in [-0.1, -0.05) is 31.4 Å². The van der Waals surface area contributed by atoms with Gasteiger partial charge >= 0.3 is 0 Å². The van der Waals surface area contributed by atoms with Crippen LogP contribution in [0.25, 0.3) is 10.8 Å². The van der Waals surface area contributed by atoms with E-state index in [0.717, 1.165) is 43.4 Å². The minimum absolute atomic E-state index is 0.128. The van der Waals surface area contributed by atoms with Gasteiger partial charge in [-0.15, -0.1) is 0 Å². The fraction of sp³-hybridized carbons (Fsp3) is 0.591. The van der Waals surface area contributed by atoms with Gasteiger partial charge in [0.2, 0.25) is 0 Å². The van der Waals surface area contributed by atoms with Gasteiger partial charge in [-0.2, -0.15) is 0 Å². The van der Waals surface area contributed by atoms with E-state index in [0.29, 0.717) is 16.2 Å². The number of halogens is 1. The monoisotopic (exact) mass is 388 g/mol. The van der Waals surface area contributed by atoms with Gasteiger partial charge in [0.05, 0.1) is 11.1 Å². The second kappa shape index (κ2) is 7.48. The van der Waals surface area contributed by atoms with Gasteiger partial charge in [-0.3, -0.25) is 4.79 Å². The molecule has 3 N–H and O–H groups in total. The van der Waals surface area contributed by atoms with Crippen molar-refractivity contribution in [1.82, 2.24) is 4.98 Å². The second-order valence-corrected chi connectivity index (χ2v) is 8.93. The van der Waals surface area contributed by atoms with Crippen LogP contribution in [0.1, 0.15) is 58.3 Å². The fourth-order valence-corrected chi connectivity index (χ4v) is 5.01. The normalized spacial score (nSPS) is 26.9. The minimum atomic E-state index is -0.128. The van der Waals surface area contributed by atoms with Crippen LogP contribution in [0, 0.1) is 11.3 Å². The molecule has 1 unspecified atom stereocenters. The second-order valence-electron chi connectivity index (χ2n) is 8.52. The van der Waals surface area contributed by atoms with Gasteiger partial charge in [0.25, 0.3) is 5.56 Å². The highest BCUT2D eigenvalue weighted by Crippen LogP contribution is 2.50. The van der Waals surface area contributed by atoms with E-state index in [4.69, 9.17) is 22.1 Å². The first-order valence-corrected chi connectivity index (χ1v) is 10.6. The summed E-state index contributed by atoms with van der Waals surface area (Å²) in [6, 6.07) is 5.76. The van der Waals surface area contributed by atoms with E-state index in [-0.39, 0.29) is 23.1 Å². The van der Waals surface area contributed by atoms with Crippen molar-refractivity contribution in [2.75, 3.05) is 0 Å². The maximum absolute atomic E-state index is 11.9. The predicted octanol–water partition coefficient (Wildman–Crippen LogP) is 5.03. The number of aromatic amines is 1. The molecule has 0 saturated heterocycles. The summed E-state index contributed by atoms with van der Waals surface area (Å²) < 4.78 is 6.28. The van der Waals surface area contributed by atoms with Gasteiger partial charge in [-0.25, -0.2) is 0 Å². The Balaban J connectivity index is 1.48. The maximum Gasteiger partial charge on any atom is 0.255 e. The number of benzene rings is 1. The number of nitrogens with two attached hydrogens (primary N) is 1. The van der Waals surface area contributed by atoms with Crippen molar-refractivity contribution < 1.29 is 4.74 Å². The molecule has 1 aromatic carbocycles. The smallest absolute Gasteiger partial charge is 0.255 e. The molecule has 0 aliphatic heterocycles. The first kappa shape index (κ1) is 18.8. The van der Waals surface area contributed by atoms with Crippen LogP contribution in [0.15, 0.2) is 29.2 Å². The summed E-state index contributed by atoms with van der Waals surface area (Å²) >= 11 is 6.40. The zero-order valence-corrected chi connectivity index (χ0v) is 16.7. The van der Waals surface area contributed by atoms with Crippen LogP contribution in [0.2, 0.25) is 5.02 Å². The molecule has 27 heavy (non-hydrogen) atoms. The third-order valence-corrected chi connectivity index (χ3v) is 6.96. The molecule has 0 radical (unpaired) electrons. The van der Waals surface area contributed by atoms with Crippen molar-refractivity contribution in [3.63, 3.8) is 0 Å². The Morgan fingerprint density at radius 2 is 2.04 bits per heavy atom. The molecule has 2 aliphatic rings. The first-order chi connectivity index (χ1) is 13.0. The minimum Gasteiger partial charge on any atom is -0.489 e. The Labute approximate surface area is 165 Å². The van der Waals surface area contributed by atoms with Crippen molar-refractivity contribution >= 4 is 22.4 Å². The highest BCUT2D eigenvalue weighted by atomic mass is 35.5. The molecule has 146 valence electrons. The maximum atomic E-state index is 11.9. The number of ether oxygens (including phenoxy) is 1. The van der Waals surface area contributed by atoms with Crippen molar-refractivity contribution in [3.8, 4) is 5.75 Å². The molecule has 0 amide bonds. The zero-order valence-electron chi connectivity index (χ0n) is 16.0. The lowest BCUT2D eigenvalue weighted by atomic mass is 9.65. The fourth-order valence-electron chi connectivity index (χ4n) is 4.80. The Morgan fingerprint density at radius 1 is 1.30 bits per heavy atom. The number of fused-ring (bicyclic) bond motifs is 1. The highest BCUT2D eigenvalue weighted by Gasteiger charge is 2.43. The molecular formula is C22H29ClN2O2. The molecule has 1 atom stereocenters. The van der Waals surface area contributed by atoms with Gasteiger partial charge in [0.1, 0.15) is 5.75 Å². The van der Waals surface area contributed by atoms with Crippen LogP contribution in [-0.4, -0.2) is 17.1 Å². The standard InChI is InChI=1S/C22H29ClN2O2/c1-2-20(24)22(13-14-3-4-14)8-5-16(6-9-22)27-19-11-15-7-10-25-21(26)17(15)12-18(19)23/h7,10-12,14,16,20H,2-6,8-9,13,24H2,1H3,(H,25,26). The molecule has 4 rings (SSSR count). The van der Waals surface area contributed by atoms with Gasteiger partial charge in [-0.05, 0) is 73.4 Å². The molecule has 4 nitrogen and oxygen atoms in total. The lowest BCUT2D eigenvalue weighted by Gasteiger charge is -2.44. The highest BCUT2D eigenvalue weighted by molar-refractivity contribution is 6.32. The van der Waals surface area contributed by atoms with Crippen LogP contribution in [-0.2, 0) is 0 Å². The number of hydrogen-bond acceptors (Lipinski definition) is 3. The first-order valence-electron chi connectivity index (χ1n) is 10.2. The number of pyridine rings is 1. The van der Waals surface area contributed by atoms with E-state index >= 15 is 0 Å². The average molecular weight is 389 g/mol. The molecule has 2 aliphatic carbocycles. The Morgan fingerprint density at radius 3 is 2.70 bits per heavy atom. The zero-order chi connectivity index (χ0) is 19.0. The summed E-state index contributed by atoms with van der Waals surface area (Å²) in [4.78, 5) is 14.6. The number of aromatic nitrogens is 1. The van der Waals surface area contributed by atoms with Crippen LogP contribution in [0.4, 0.5) is 0 Å². The molecule has 0 spiro atoms. The molecular weight excluding hydrogens is 360 g/mol. The third kappa shape index (κ3) is 3.88. The van der Waals surface area contributed by atoms with E-state index in [1.54, 1.807) is 12.3 Å². The summed E-state index contributed by atoms with van der Waals surface area (Å²) in [6.07, 6.45) is 11.2. The number of rotatable bonds is 6. The van der Waals surface area contributed by atoms with Crippen molar-refractivity contribution in [2.45, 2.75) is 70.4 Å². The average Bonchev–Trinajstić information content (AvgIpc) is 3.48. The van der Waals surface area contributed by atoms with Gasteiger partial charge in [0.15, 0.2) is 0 Å². The SMILES string of the molecule is CCC(N)C1(CC2CC2)CCC(Oc2cc3cc[nH]c(=O)c3cc2Cl)CC1. The van der Waals surface area contributed by atoms with Crippen molar-refractivity contribution in [2.24, 2.45) is 17.1 Å². The Kier molecular flexibility index (Phi) is 5.21. The summed E-state index contributed by atoms with van der Waals surface area (Å²) in [7, 11) is 0. The number of nitrogens with one attached hydrogen (secondary N) is 1. The van der Waals surface area contributed by atoms with Gasteiger partial charge in [0, 0.05) is 17.6 Å². The third-order valence-electron chi connectivity index (χ3n) is 6.67. The van der Waals surface area contributed by atoms with Crippen molar-refractivity contribution in [3.05, 3.63) is 39.8 Å². The van der Waals surface area contributed by atoms with Crippen molar-refractivity contribution in [1.29, 1.82) is 0 Å². The Bertz CT molecular complexity index is 866. The number of H-pyrrole nitrogens is 1. The predicted molar refractivity (Wildman–Crippen MR) is 111 cm³/mol. The lowest BCUT2D eigenvalue weighted by Crippen LogP contribution is -2.45. The molecule has 2 saturated carbocycles. The molecule has 0 bridgehead atoms. The molecule has 1 heterocycles. The van der Waals surface area contributed by atoms with E-state index in [2.05, 4.69) is 11.9 Å². The summed E-state index contributed by atoms with van der Waals surface area (Å²) in [5, 5.41) is 1.94. The summed E-state index contributed by atoms with van der Waals surface area (Å²) in [5.41, 5.74) is 6.72. The van der Waals surface area contributed by atoms with Gasteiger partial charge < -0.3 is 15.5 Å². The largest absolute Gasteiger partial charge is 0.489 e. The topological polar surface area (TPSA) is 68.1 Å². The van der Waals surface area contributed by atoms with Crippen LogP contribution in [0.3, 0.4) is 0 Å². The van der Waals surface area contributed by atoms with E-state index in [1.807, 2.05) is 12.1 Å². The number of hydrogen-bond donors (Lipinski definition) is 2.